The molecule has 0 amide bonds. The average Bonchev–Trinajstić information content (AvgIpc) is 2.83. The van der Waals surface area contributed by atoms with Gasteiger partial charge in [0.05, 0.1) is 10.2 Å². The molecule has 1 aliphatic rings. The highest BCUT2D eigenvalue weighted by Gasteiger charge is 2.17. The van der Waals surface area contributed by atoms with Gasteiger partial charge in [0.15, 0.2) is 5.13 Å². The number of nitrogens with zero attached hydrogens (tertiary/aromatic N) is 1. The Balaban J connectivity index is 1.52. The average molecular weight is 292 g/mol. The zero-order chi connectivity index (χ0) is 13.9. The second kappa shape index (κ2) is 6.08. The van der Waals surface area contributed by atoms with E-state index in [9.17, 15) is 4.39 Å². The smallest absolute Gasteiger partial charge is 0.183 e. The number of benzene rings is 1. The third-order valence-corrected chi connectivity index (χ3v) is 5.31. The molecule has 108 valence electrons. The first kappa shape index (κ1) is 13.8. The normalized spacial score (nSPS) is 23.1. The number of rotatable bonds is 4. The minimum Gasteiger partial charge on any atom is -0.361 e. The second-order valence-corrected chi connectivity index (χ2v) is 7.00. The molecule has 4 heteroatoms. The van der Waals surface area contributed by atoms with Gasteiger partial charge in [0.2, 0.25) is 0 Å². The van der Waals surface area contributed by atoms with E-state index in [4.69, 9.17) is 0 Å². The van der Waals surface area contributed by atoms with Crippen LogP contribution in [0.5, 0.6) is 0 Å². The number of fused-ring (bicyclic) bond motifs is 1. The molecule has 1 aromatic carbocycles. The molecule has 1 aromatic heterocycles. The molecule has 1 fully saturated rings. The molecule has 0 unspecified atom stereocenters. The Kier molecular flexibility index (Phi) is 4.20. The van der Waals surface area contributed by atoms with Crippen molar-refractivity contribution in [2.24, 2.45) is 11.8 Å². The van der Waals surface area contributed by atoms with Crippen LogP contribution in [0, 0.1) is 17.7 Å². The fourth-order valence-corrected chi connectivity index (χ4v) is 3.85. The van der Waals surface area contributed by atoms with Crippen LogP contribution < -0.4 is 5.32 Å². The molecule has 0 aliphatic heterocycles. The van der Waals surface area contributed by atoms with Crippen LogP contribution in [-0.4, -0.2) is 11.5 Å². The Labute approximate surface area is 123 Å². The van der Waals surface area contributed by atoms with Gasteiger partial charge >= 0.3 is 0 Å². The molecule has 1 aliphatic carbocycles. The monoisotopic (exact) mass is 292 g/mol. The maximum absolute atomic E-state index is 13.1. The highest BCUT2D eigenvalue weighted by atomic mass is 32.1. The fourth-order valence-electron chi connectivity index (χ4n) is 2.98. The largest absolute Gasteiger partial charge is 0.361 e. The zero-order valence-electron chi connectivity index (χ0n) is 11.9. The molecule has 1 N–H and O–H groups in total. The number of halogens is 1. The first-order valence-electron chi connectivity index (χ1n) is 7.50. The summed E-state index contributed by atoms with van der Waals surface area (Å²) in [5.74, 6) is 1.56. The van der Waals surface area contributed by atoms with Crippen LogP contribution in [0.1, 0.15) is 39.0 Å². The maximum atomic E-state index is 13.1. The molecule has 0 atom stereocenters. The number of thiazole rings is 1. The van der Waals surface area contributed by atoms with Crippen molar-refractivity contribution in [1.29, 1.82) is 0 Å². The predicted octanol–water partition coefficient (Wildman–Crippen LogP) is 5.06. The van der Waals surface area contributed by atoms with Crippen molar-refractivity contribution in [3.8, 4) is 0 Å². The Hall–Kier alpha value is -1.16. The molecule has 20 heavy (non-hydrogen) atoms. The van der Waals surface area contributed by atoms with Crippen LogP contribution in [0.4, 0.5) is 9.52 Å². The molecule has 0 radical (unpaired) electrons. The van der Waals surface area contributed by atoms with Crippen molar-refractivity contribution in [3.63, 3.8) is 0 Å². The van der Waals surface area contributed by atoms with E-state index in [0.29, 0.717) is 0 Å². The molecule has 1 heterocycles. The van der Waals surface area contributed by atoms with Gasteiger partial charge in [-0.15, -0.1) is 0 Å². The van der Waals surface area contributed by atoms with E-state index in [2.05, 4.69) is 17.2 Å². The maximum Gasteiger partial charge on any atom is 0.183 e. The van der Waals surface area contributed by atoms with E-state index < -0.39 is 0 Å². The molecule has 1 saturated carbocycles. The van der Waals surface area contributed by atoms with Crippen molar-refractivity contribution < 1.29 is 4.39 Å². The van der Waals surface area contributed by atoms with E-state index in [1.165, 1.54) is 44.2 Å². The first-order valence-corrected chi connectivity index (χ1v) is 8.32. The first-order chi connectivity index (χ1) is 9.70. The van der Waals surface area contributed by atoms with Crippen LogP contribution >= 0.6 is 11.3 Å². The lowest BCUT2D eigenvalue weighted by molar-refractivity contribution is 0.282. The Bertz CT molecular complexity index is 573. The standard InChI is InChI=1S/C16H21FN2S/c1-11-2-4-12(5-3-11)8-9-18-16-19-14-10-13(17)6-7-15(14)20-16/h6-7,10-12H,2-5,8-9H2,1H3,(H,18,19). The van der Waals surface area contributed by atoms with Gasteiger partial charge in [0, 0.05) is 12.6 Å². The van der Waals surface area contributed by atoms with E-state index in [0.717, 1.165) is 33.7 Å². The van der Waals surface area contributed by atoms with Gasteiger partial charge in [-0.3, -0.25) is 0 Å². The number of hydrogen-bond acceptors (Lipinski definition) is 3. The third kappa shape index (κ3) is 3.29. The summed E-state index contributed by atoms with van der Waals surface area (Å²) in [5.41, 5.74) is 0.754. The fraction of sp³-hybridized carbons (Fsp3) is 0.562. The van der Waals surface area contributed by atoms with Crippen LogP contribution in [0.15, 0.2) is 18.2 Å². The summed E-state index contributed by atoms with van der Waals surface area (Å²) in [7, 11) is 0. The van der Waals surface area contributed by atoms with Gasteiger partial charge in [-0.05, 0) is 30.4 Å². The summed E-state index contributed by atoms with van der Waals surface area (Å²) in [6.45, 7) is 3.33. The van der Waals surface area contributed by atoms with Gasteiger partial charge in [0.25, 0.3) is 0 Å². The molecule has 0 bridgehead atoms. The molecular formula is C16H21FN2S. The quantitative estimate of drug-likeness (QED) is 0.851. The van der Waals surface area contributed by atoms with Crippen molar-refractivity contribution >= 4 is 26.7 Å². The molecule has 0 spiro atoms. The predicted molar refractivity (Wildman–Crippen MR) is 83.8 cm³/mol. The van der Waals surface area contributed by atoms with Crippen molar-refractivity contribution in [1.82, 2.24) is 4.98 Å². The summed E-state index contributed by atoms with van der Waals surface area (Å²) in [6.07, 6.45) is 6.72. The summed E-state index contributed by atoms with van der Waals surface area (Å²) in [4.78, 5) is 4.44. The molecular weight excluding hydrogens is 271 g/mol. The van der Waals surface area contributed by atoms with E-state index in [1.54, 1.807) is 17.4 Å². The number of hydrogen-bond donors (Lipinski definition) is 1. The SMILES string of the molecule is CC1CCC(CCNc2nc3cc(F)ccc3s2)CC1. The lowest BCUT2D eigenvalue weighted by atomic mass is 9.81. The number of anilines is 1. The molecule has 2 aromatic rings. The highest BCUT2D eigenvalue weighted by Crippen LogP contribution is 2.31. The summed E-state index contributed by atoms with van der Waals surface area (Å²) in [6, 6.07) is 4.79. The summed E-state index contributed by atoms with van der Waals surface area (Å²) in [5, 5.41) is 4.31. The van der Waals surface area contributed by atoms with Crippen LogP contribution in [-0.2, 0) is 0 Å². The Morgan fingerprint density at radius 2 is 2.10 bits per heavy atom. The second-order valence-electron chi connectivity index (χ2n) is 5.97. The lowest BCUT2D eigenvalue weighted by Crippen LogP contribution is -2.15. The van der Waals surface area contributed by atoms with Gasteiger partial charge in [-0.1, -0.05) is 43.9 Å². The van der Waals surface area contributed by atoms with Gasteiger partial charge in [-0.2, -0.15) is 0 Å². The van der Waals surface area contributed by atoms with E-state index in [1.807, 2.05) is 0 Å². The van der Waals surface area contributed by atoms with Gasteiger partial charge in [0.1, 0.15) is 5.82 Å². The molecule has 3 rings (SSSR count). The summed E-state index contributed by atoms with van der Waals surface area (Å²) >= 11 is 1.60. The van der Waals surface area contributed by atoms with Crippen molar-refractivity contribution in [2.75, 3.05) is 11.9 Å². The number of nitrogens with one attached hydrogen (secondary N) is 1. The van der Waals surface area contributed by atoms with Crippen LogP contribution in [0.3, 0.4) is 0 Å². The van der Waals surface area contributed by atoms with E-state index in [-0.39, 0.29) is 5.82 Å². The highest BCUT2D eigenvalue weighted by molar-refractivity contribution is 7.22. The minimum absolute atomic E-state index is 0.217. The number of aromatic nitrogens is 1. The zero-order valence-corrected chi connectivity index (χ0v) is 12.7. The Morgan fingerprint density at radius 1 is 1.30 bits per heavy atom. The molecule has 2 nitrogen and oxygen atoms in total. The van der Waals surface area contributed by atoms with Gasteiger partial charge < -0.3 is 5.32 Å². The van der Waals surface area contributed by atoms with Crippen molar-refractivity contribution in [3.05, 3.63) is 24.0 Å². The minimum atomic E-state index is -0.217. The lowest BCUT2D eigenvalue weighted by Gasteiger charge is -2.26. The van der Waals surface area contributed by atoms with E-state index >= 15 is 0 Å². The van der Waals surface area contributed by atoms with Crippen molar-refractivity contribution in [2.45, 2.75) is 39.0 Å². The van der Waals surface area contributed by atoms with Gasteiger partial charge in [-0.25, -0.2) is 9.37 Å². The van der Waals surface area contributed by atoms with Crippen LogP contribution in [0.2, 0.25) is 0 Å². The summed E-state index contributed by atoms with van der Waals surface area (Å²) < 4.78 is 14.2. The topological polar surface area (TPSA) is 24.9 Å². The van der Waals surface area contributed by atoms with Crippen LogP contribution in [0.25, 0.3) is 10.2 Å². The molecule has 0 saturated heterocycles. The third-order valence-electron chi connectivity index (χ3n) is 4.31. The Morgan fingerprint density at radius 3 is 2.90 bits per heavy atom.